The summed E-state index contributed by atoms with van der Waals surface area (Å²) in [5.41, 5.74) is 0.893. The topological polar surface area (TPSA) is 48.3 Å². The Bertz CT molecular complexity index is 366. The molecule has 1 rings (SSSR count). The summed E-state index contributed by atoms with van der Waals surface area (Å²) in [7, 11) is 0. The first-order chi connectivity index (χ1) is 6.65. The van der Waals surface area contributed by atoms with Crippen molar-refractivity contribution in [2.75, 3.05) is 6.61 Å². The molecular formula is C9H13NO3S. The molecule has 0 N–H and O–H groups in total. The molecule has 0 amide bonds. The van der Waals surface area contributed by atoms with Crippen LogP contribution >= 0.6 is 11.3 Å². The lowest BCUT2D eigenvalue weighted by molar-refractivity contribution is -0.143. The van der Waals surface area contributed by atoms with Crippen molar-refractivity contribution in [3.8, 4) is 0 Å². The molecule has 14 heavy (non-hydrogen) atoms. The quantitative estimate of drug-likeness (QED) is 0.708. The molecule has 0 aromatic carbocycles. The molecule has 0 unspecified atom stereocenters. The number of ether oxygens (including phenoxy) is 1. The van der Waals surface area contributed by atoms with E-state index in [0.29, 0.717) is 13.2 Å². The van der Waals surface area contributed by atoms with Crippen LogP contribution in [0.5, 0.6) is 0 Å². The van der Waals surface area contributed by atoms with Crippen LogP contribution in [0.1, 0.15) is 19.0 Å². The largest absolute Gasteiger partial charge is 0.466 e. The minimum atomic E-state index is -0.259. The average Bonchev–Trinajstić information content (AvgIpc) is 2.44. The molecule has 0 spiro atoms. The molecule has 0 bridgehead atoms. The van der Waals surface area contributed by atoms with E-state index in [1.54, 1.807) is 16.9 Å². The van der Waals surface area contributed by atoms with Gasteiger partial charge in [0.05, 0.1) is 13.0 Å². The van der Waals surface area contributed by atoms with E-state index >= 15 is 0 Å². The van der Waals surface area contributed by atoms with E-state index in [2.05, 4.69) is 0 Å². The number of aromatic nitrogens is 1. The van der Waals surface area contributed by atoms with Gasteiger partial charge in [-0.15, -0.1) is 0 Å². The second kappa shape index (κ2) is 4.95. The van der Waals surface area contributed by atoms with E-state index in [0.717, 1.165) is 17.0 Å². The molecule has 0 aliphatic carbocycles. The summed E-state index contributed by atoms with van der Waals surface area (Å²) in [5, 5.41) is 1.79. The molecule has 0 radical (unpaired) electrons. The standard InChI is InChI=1S/C9H13NO3S/c1-3-13-8(11)4-5-10-7(2)6-14-9(10)12/h6H,3-5H2,1-2H3. The minimum Gasteiger partial charge on any atom is -0.466 e. The Kier molecular flexibility index (Phi) is 3.88. The Morgan fingerprint density at radius 1 is 1.64 bits per heavy atom. The van der Waals surface area contributed by atoms with Gasteiger partial charge in [0.2, 0.25) is 0 Å². The number of hydrogen-bond donors (Lipinski definition) is 0. The van der Waals surface area contributed by atoms with Crippen molar-refractivity contribution in [2.24, 2.45) is 0 Å². The SMILES string of the molecule is CCOC(=O)CCn1c(C)csc1=O. The van der Waals surface area contributed by atoms with E-state index < -0.39 is 0 Å². The van der Waals surface area contributed by atoms with E-state index in [4.69, 9.17) is 4.74 Å². The normalized spacial score (nSPS) is 10.1. The third kappa shape index (κ3) is 2.70. The van der Waals surface area contributed by atoms with E-state index in [1.807, 2.05) is 6.92 Å². The van der Waals surface area contributed by atoms with Crippen molar-refractivity contribution in [1.82, 2.24) is 4.57 Å². The minimum absolute atomic E-state index is 0.0215. The summed E-state index contributed by atoms with van der Waals surface area (Å²) in [6, 6.07) is 0. The Balaban J connectivity index is 2.53. The second-order valence-corrected chi connectivity index (χ2v) is 3.67. The zero-order valence-electron chi connectivity index (χ0n) is 8.28. The fourth-order valence-corrected chi connectivity index (χ4v) is 1.87. The molecule has 1 aromatic heterocycles. The van der Waals surface area contributed by atoms with Crippen molar-refractivity contribution >= 4 is 17.3 Å². The number of nitrogens with zero attached hydrogens (tertiary/aromatic N) is 1. The molecule has 5 heteroatoms. The first-order valence-electron chi connectivity index (χ1n) is 4.45. The highest BCUT2D eigenvalue weighted by atomic mass is 32.1. The van der Waals surface area contributed by atoms with Gasteiger partial charge in [0.25, 0.3) is 0 Å². The molecule has 0 aliphatic heterocycles. The maximum Gasteiger partial charge on any atom is 0.307 e. The second-order valence-electron chi connectivity index (χ2n) is 2.85. The molecule has 4 nitrogen and oxygen atoms in total. The zero-order chi connectivity index (χ0) is 10.6. The summed E-state index contributed by atoms with van der Waals surface area (Å²) in [6.45, 7) is 4.41. The summed E-state index contributed by atoms with van der Waals surface area (Å²) in [4.78, 5) is 22.2. The molecular weight excluding hydrogens is 202 g/mol. The summed E-state index contributed by atoms with van der Waals surface area (Å²) in [5.74, 6) is -0.259. The van der Waals surface area contributed by atoms with Gasteiger partial charge >= 0.3 is 10.8 Å². The monoisotopic (exact) mass is 215 g/mol. The maximum absolute atomic E-state index is 11.2. The maximum atomic E-state index is 11.2. The highest BCUT2D eigenvalue weighted by molar-refractivity contribution is 7.07. The van der Waals surface area contributed by atoms with Gasteiger partial charge in [-0.05, 0) is 13.8 Å². The number of rotatable bonds is 4. The van der Waals surface area contributed by atoms with Crippen molar-refractivity contribution in [2.45, 2.75) is 26.8 Å². The highest BCUT2D eigenvalue weighted by Crippen LogP contribution is 2.01. The zero-order valence-corrected chi connectivity index (χ0v) is 9.10. The molecule has 0 saturated heterocycles. The predicted molar refractivity (Wildman–Crippen MR) is 54.6 cm³/mol. The first kappa shape index (κ1) is 11.0. The average molecular weight is 215 g/mol. The summed E-state index contributed by atoms with van der Waals surface area (Å²) >= 11 is 1.15. The highest BCUT2D eigenvalue weighted by Gasteiger charge is 2.06. The lowest BCUT2D eigenvalue weighted by Gasteiger charge is -2.03. The van der Waals surface area contributed by atoms with Crippen molar-refractivity contribution < 1.29 is 9.53 Å². The molecule has 0 saturated carbocycles. The van der Waals surface area contributed by atoms with Crippen molar-refractivity contribution in [3.63, 3.8) is 0 Å². The van der Waals surface area contributed by atoms with Crippen LogP contribution in [0.15, 0.2) is 10.2 Å². The van der Waals surface area contributed by atoms with Crippen LogP contribution in [0.4, 0.5) is 0 Å². The first-order valence-corrected chi connectivity index (χ1v) is 5.33. The summed E-state index contributed by atoms with van der Waals surface area (Å²) in [6.07, 6.45) is 0.255. The number of aryl methyl sites for hydroxylation is 1. The molecule has 0 fully saturated rings. The van der Waals surface area contributed by atoms with Crippen LogP contribution in [0.25, 0.3) is 0 Å². The van der Waals surface area contributed by atoms with Gasteiger partial charge in [-0.25, -0.2) is 0 Å². The van der Waals surface area contributed by atoms with Crippen molar-refractivity contribution in [1.29, 1.82) is 0 Å². The molecule has 0 atom stereocenters. The van der Waals surface area contributed by atoms with Crippen LogP contribution < -0.4 is 4.87 Å². The fraction of sp³-hybridized carbons (Fsp3) is 0.556. The van der Waals surface area contributed by atoms with E-state index in [9.17, 15) is 9.59 Å². The lowest BCUT2D eigenvalue weighted by Crippen LogP contribution is -2.17. The molecule has 0 aliphatic rings. The smallest absolute Gasteiger partial charge is 0.307 e. The van der Waals surface area contributed by atoms with Crippen LogP contribution in [-0.4, -0.2) is 17.1 Å². The number of carbonyl (C=O) groups excluding carboxylic acids is 1. The van der Waals surface area contributed by atoms with Gasteiger partial charge < -0.3 is 9.30 Å². The fourth-order valence-electron chi connectivity index (χ4n) is 1.11. The molecule has 1 heterocycles. The van der Waals surface area contributed by atoms with Gasteiger partial charge in [0, 0.05) is 17.6 Å². The third-order valence-corrected chi connectivity index (χ3v) is 2.70. The van der Waals surface area contributed by atoms with Crippen LogP contribution in [0.2, 0.25) is 0 Å². The Morgan fingerprint density at radius 3 is 2.86 bits per heavy atom. The Morgan fingerprint density at radius 2 is 2.36 bits per heavy atom. The molecule has 1 aromatic rings. The van der Waals surface area contributed by atoms with Gasteiger partial charge in [0.1, 0.15) is 0 Å². The number of carbonyl (C=O) groups is 1. The van der Waals surface area contributed by atoms with Gasteiger partial charge in [-0.3, -0.25) is 9.59 Å². The number of hydrogen-bond acceptors (Lipinski definition) is 4. The third-order valence-electron chi connectivity index (χ3n) is 1.82. The Labute approximate surface area is 86.1 Å². The van der Waals surface area contributed by atoms with Gasteiger partial charge in [0.15, 0.2) is 0 Å². The van der Waals surface area contributed by atoms with Crippen LogP contribution in [-0.2, 0) is 16.1 Å². The summed E-state index contributed by atoms with van der Waals surface area (Å²) < 4.78 is 6.35. The number of thiazole rings is 1. The predicted octanol–water partition coefficient (Wildman–Crippen LogP) is 1.17. The van der Waals surface area contributed by atoms with Gasteiger partial charge in [-0.2, -0.15) is 0 Å². The van der Waals surface area contributed by atoms with E-state index in [-0.39, 0.29) is 17.3 Å². The van der Waals surface area contributed by atoms with Crippen molar-refractivity contribution in [3.05, 3.63) is 20.7 Å². The van der Waals surface area contributed by atoms with Crippen LogP contribution in [0, 0.1) is 6.92 Å². The van der Waals surface area contributed by atoms with Gasteiger partial charge in [-0.1, -0.05) is 11.3 Å². The number of esters is 1. The van der Waals surface area contributed by atoms with Crippen LogP contribution in [0.3, 0.4) is 0 Å². The Hall–Kier alpha value is -1.10. The van der Waals surface area contributed by atoms with E-state index in [1.165, 1.54) is 0 Å². The molecule has 78 valence electrons. The lowest BCUT2D eigenvalue weighted by atomic mass is 10.4.